The Morgan fingerprint density at radius 3 is 2.33 bits per heavy atom. The summed E-state index contributed by atoms with van der Waals surface area (Å²) in [4.78, 5) is 51.8. The lowest BCUT2D eigenvalue weighted by atomic mass is 10.1. The highest BCUT2D eigenvalue weighted by molar-refractivity contribution is 6.31. The van der Waals surface area contributed by atoms with E-state index in [4.69, 9.17) is 11.6 Å². The standard InChI is InChI=1S/C22H20ClN3O4/c1-3-4-19(27)26(24-21(29)15-7-5-14(2)6-8-15)18-13-20(28)25(22(18)30)17-11-9-16(23)10-12-17/h3-12,18H,13H2,1-2H3,(H,24,29). The molecule has 30 heavy (non-hydrogen) atoms. The van der Waals surface area contributed by atoms with Gasteiger partial charge in [-0.1, -0.05) is 35.4 Å². The predicted octanol–water partition coefficient (Wildman–Crippen LogP) is 3.03. The summed E-state index contributed by atoms with van der Waals surface area (Å²) >= 11 is 5.88. The number of carbonyl (C=O) groups is 4. The molecule has 0 aromatic heterocycles. The number of anilines is 1. The van der Waals surface area contributed by atoms with Crippen LogP contribution in [0.4, 0.5) is 5.69 Å². The molecule has 1 aliphatic rings. The minimum absolute atomic E-state index is 0.251. The van der Waals surface area contributed by atoms with Gasteiger partial charge in [0.1, 0.15) is 6.04 Å². The molecule has 8 heteroatoms. The molecule has 154 valence electrons. The van der Waals surface area contributed by atoms with Gasteiger partial charge in [-0.05, 0) is 50.2 Å². The minimum Gasteiger partial charge on any atom is -0.274 e. The third-order valence-electron chi connectivity index (χ3n) is 4.60. The number of nitrogens with one attached hydrogen (secondary N) is 1. The third kappa shape index (κ3) is 4.41. The Balaban J connectivity index is 1.88. The van der Waals surface area contributed by atoms with Crippen molar-refractivity contribution in [1.82, 2.24) is 10.4 Å². The molecule has 0 spiro atoms. The highest BCUT2D eigenvalue weighted by Gasteiger charge is 2.45. The average Bonchev–Trinajstić information content (AvgIpc) is 3.01. The number of benzene rings is 2. The SMILES string of the molecule is CC=CC(=O)N(NC(=O)c1ccc(C)cc1)C1CC(=O)N(c2ccc(Cl)cc2)C1=O. The van der Waals surface area contributed by atoms with Gasteiger partial charge in [0.15, 0.2) is 0 Å². The zero-order chi connectivity index (χ0) is 21.8. The van der Waals surface area contributed by atoms with E-state index < -0.39 is 29.7 Å². The number of carbonyl (C=O) groups excluding carboxylic acids is 4. The summed E-state index contributed by atoms with van der Waals surface area (Å²) in [5.74, 6) is -2.25. The van der Waals surface area contributed by atoms with Crippen LogP contribution < -0.4 is 10.3 Å². The Labute approximate surface area is 178 Å². The van der Waals surface area contributed by atoms with E-state index in [9.17, 15) is 19.2 Å². The number of hydrazine groups is 1. The first kappa shape index (κ1) is 21.3. The van der Waals surface area contributed by atoms with Crippen molar-refractivity contribution in [3.63, 3.8) is 0 Å². The Morgan fingerprint density at radius 2 is 1.73 bits per heavy atom. The highest BCUT2D eigenvalue weighted by atomic mass is 35.5. The summed E-state index contributed by atoms with van der Waals surface area (Å²) in [6, 6.07) is 11.8. The number of rotatable bonds is 4. The van der Waals surface area contributed by atoms with E-state index in [0.717, 1.165) is 15.5 Å². The van der Waals surface area contributed by atoms with Crippen LogP contribution in [0.25, 0.3) is 0 Å². The molecule has 7 nitrogen and oxygen atoms in total. The van der Waals surface area contributed by atoms with Crippen LogP contribution in [-0.4, -0.2) is 34.7 Å². The van der Waals surface area contributed by atoms with Crippen LogP contribution in [0.15, 0.2) is 60.7 Å². The third-order valence-corrected chi connectivity index (χ3v) is 4.85. The Morgan fingerprint density at radius 1 is 1.10 bits per heavy atom. The maximum atomic E-state index is 13.0. The van der Waals surface area contributed by atoms with Gasteiger partial charge in [-0.25, -0.2) is 9.91 Å². The predicted molar refractivity (Wildman–Crippen MR) is 113 cm³/mol. The number of imide groups is 1. The van der Waals surface area contributed by atoms with Gasteiger partial charge in [0.2, 0.25) is 5.91 Å². The zero-order valence-corrected chi connectivity index (χ0v) is 17.2. The molecule has 1 unspecified atom stereocenters. The smallest absolute Gasteiger partial charge is 0.269 e. The van der Waals surface area contributed by atoms with E-state index in [-0.39, 0.29) is 6.42 Å². The van der Waals surface area contributed by atoms with Crippen LogP contribution in [0.3, 0.4) is 0 Å². The maximum Gasteiger partial charge on any atom is 0.269 e. The monoisotopic (exact) mass is 425 g/mol. The Kier molecular flexibility index (Phi) is 6.32. The van der Waals surface area contributed by atoms with Gasteiger partial charge in [-0.3, -0.25) is 24.6 Å². The molecule has 2 aromatic rings. The first-order valence-corrected chi connectivity index (χ1v) is 9.65. The van der Waals surface area contributed by atoms with Crippen molar-refractivity contribution in [3.8, 4) is 0 Å². The topological polar surface area (TPSA) is 86.8 Å². The van der Waals surface area contributed by atoms with Gasteiger partial charge in [-0.2, -0.15) is 0 Å². The average molecular weight is 426 g/mol. The summed E-state index contributed by atoms with van der Waals surface area (Å²) in [6.07, 6.45) is 2.46. The molecule has 1 fully saturated rings. The van der Waals surface area contributed by atoms with Crippen molar-refractivity contribution < 1.29 is 19.2 Å². The summed E-state index contributed by atoms with van der Waals surface area (Å²) < 4.78 is 0. The van der Waals surface area contributed by atoms with Gasteiger partial charge in [0.05, 0.1) is 12.1 Å². The van der Waals surface area contributed by atoms with Crippen molar-refractivity contribution in [1.29, 1.82) is 0 Å². The summed E-state index contributed by atoms with van der Waals surface area (Å²) in [5, 5.41) is 1.38. The first-order valence-electron chi connectivity index (χ1n) is 9.27. The van der Waals surface area contributed by atoms with Crippen LogP contribution in [0, 0.1) is 6.92 Å². The molecule has 4 amide bonds. The van der Waals surface area contributed by atoms with E-state index >= 15 is 0 Å². The van der Waals surface area contributed by atoms with E-state index in [1.807, 2.05) is 6.92 Å². The second kappa shape index (κ2) is 8.92. The normalized spacial score (nSPS) is 16.2. The van der Waals surface area contributed by atoms with Crippen LogP contribution >= 0.6 is 11.6 Å². The molecule has 1 N–H and O–H groups in total. The Bertz CT molecular complexity index is 1020. The Hall–Kier alpha value is -3.45. The fraction of sp³-hybridized carbons (Fsp3) is 0.182. The first-order chi connectivity index (χ1) is 14.3. The number of halogens is 1. The molecule has 1 heterocycles. The van der Waals surface area contributed by atoms with Crippen molar-refractivity contribution >= 4 is 40.9 Å². The number of aryl methyl sites for hydroxylation is 1. The summed E-state index contributed by atoms with van der Waals surface area (Å²) in [6.45, 7) is 3.53. The van der Waals surface area contributed by atoms with Gasteiger partial charge in [0, 0.05) is 16.7 Å². The fourth-order valence-corrected chi connectivity index (χ4v) is 3.19. The molecule has 0 radical (unpaired) electrons. The molecule has 1 aliphatic heterocycles. The van der Waals surface area contributed by atoms with Crippen LogP contribution in [0.1, 0.15) is 29.3 Å². The molecular formula is C22H20ClN3O4. The zero-order valence-electron chi connectivity index (χ0n) is 16.5. The van der Waals surface area contributed by atoms with E-state index in [2.05, 4.69) is 5.43 Å². The van der Waals surface area contributed by atoms with Gasteiger partial charge in [0.25, 0.3) is 17.7 Å². The largest absolute Gasteiger partial charge is 0.274 e. The van der Waals surface area contributed by atoms with Crippen molar-refractivity contribution in [2.45, 2.75) is 26.3 Å². The van der Waals surface area contributed by atoms with Crippen LogP contribution in [0.2, 0.25) is 5.02 Å². The molecule has 1 atom stereocenters. The maximum absolute atomic E-state index is 13.0. The molecular weight excluding hydrogens is 406 g/mol. The highest BCUT2D eigenvalue weighted by Crippen LogP contribution is 2.26. The number of allylic oxidation sites excluding steroid dienone is 1. The molecule has 0 aliphatic carbocycles. The lowest BCUT2D eigenvalue weighted by Gasteiger charge is -2.27. The molecule has 0 saturated carbocycles. The van der Waals surface area contributed by atoms with E-state index in [1.165, 1.54) is 12.2 Å². The van der Waals surface area contributed by atoms with Crippen molar-refractivity contribution in [2.75, 3.05) is 4.90 Å². The second-order valence-electron chi connectivity index (χ2n) is 6.78. The van der Waals surface area contributed by atoms with Crippen LogP contribution in [0.5, 0.6) is 0 Å². The summed E-state index contributed by atoms with van der Waals surface area (Å²) in [7, 11) is 0. The van der Waals surface area contributed by atoms with Gasteiger partial charge in [-0.15, -0.1) is 0 Å². The van der Waals surface area contributed by atoms with Gasteiger partial charge < -0.3 is 0 Å². The van der Waals surface area contributed by atoms with Crippen LogP contribution in [-0.2, 0) is 14.4 Å². The fourth-order valence-electron chi connectivity index (χ4n) is 3.07. The number of hydrogen-bond donors (Lipinski definition) is 1. The number of amides is 4. The number of nitrogens with zero attached hydrogens (tertiary/aromatic N) is 2. The molecule has 2 aromatic carbocycles. The van der Waals surface area contributed by atoms with Gasteiger partial charge >= 0.3 is 0 Å². The lowest BCUT2D eigenvalue weighted by Crippen LogP contribution is -2.54. The van der Waals surface area contributed by atoms with Crippen molar-refractivity contribution in [3.05, 3.63) is 76.8 Å². The quantitative estimate of drug-likeness (QED) is 0.463. The van der Waals surface area contributed by atoms with Crippen molar-refractivity contribution in [2.24, 2.45) is 0 Å². The van der Waals surface area contributed by atoms with E-state index in [1.54, 1.807) is 55.5 Å². The minimum atomic E-state index is -1.16. The van der Waals surface area contributed by atoms with E-state index in [0.29, 0.717) is 16.3 Å². The number of hydrogen-bond acceptors (Lipinski definition) is 4. The lowest BCUT2D eigenvalue weighted by molar-refractivity contribution is -0.137. The second-order valence-corrected chi connectivity index (χ2v) is 7.22. The molecule has 1 saturated heterocycles. The summed E-state index contributed by atoms with van der Waals surface area (Å²) in [5.41, 5.74) is 4.13. The molecule has 0 bridgehead atoms. The molecule has 3 rings (SSSR count).